The maximum Gasteiger partial charge on any atom is 0.263 e. The van der Waals surface area contributed by atoms with Crippen LogP contribution in [0.2, 0.25) is 5.02 Å². The van der Waals surface area contributed by atoms with E-state index >= 15 is 0 Å². The minimum Gasteiger partial charge on any atom is -0.280 e. The highest BCUT2D eigenvalue weighted by atomic mass is 35.5. The molecule has 0 unspecified atom stereocenters. The molecule has 0 aromatic heterocycles. The van der Waals surface area contributed by atoms with Crippen LogP contribution in [0, 0.1) is 17.1 Å². The molecule has 0 bridgehead atoms. The van der Waals surface area contributed by atoms with E-state index in [1.54, 1.807) is 12.1 Å². The van der Waals surface area contributed by atoms with Crippen LogP contribution in [0.25, 0.3) is 0 Å². The van der Waals surface area contributed by atoms with E-state index in [2.05, 4.69) is 4.72 Å². The predicted molar refractivity (Wildman–Crippen MR) is 73.4 cm³/mol. The summed E-state index contributed by atoms with van der Waals surface area (Å²) in [5.74, 6) is -0.646. The molecule has 7 heteroatoms. The Morgan fingerprint density at radius 2 is 1.90 bits per heavy atom. The molecule has 0 spiro atoms. The monoisotopic (exact) mass is 310 g/mol. The van der Waals surface area contributed by atoms with Crippen molar-refractivity contribution in [1.29, 1.82) is 5.26 Å². The standard InChI is InChI=1S/C13H8ClFN2O2S/c14-11-7-10(5-6-12(11)15)17-20(18,19)13-4-2-1-3-9(13)8-16/h1-7,17H. The van der Waals surface area contributed by atoms with Crippen molar-refractivity contribution in [2.45, 2.75) is 4.90 Å². The number of rotatable bonds is 3. The minimum absolute atomic E-state index is 0.0215. The van der Waals surface area contributed by atoms with Gasteiger partial charge in [-0.3, -0.25) is 4.72 Å². The van der Waals surface area contributed by atoms with Crippen molar-refractivity contribution >= 4 is 27.3 Å². The molecule has 102 valence electrons. The fourth-order valence-electron chi connectivity index (χ4n) is 1.56. The molecule has 4 nitrogen and oxygen atoms in total. The van der Waals surface area contributed by atoms with Crippen molar-refractivity contribution in [2.24, 2.45) is 0 Å². The Morgan fingerprint density at radius 1 is 1.20 bits per heavy atom. The van der Waals surface area contributed by atoms with Gasteiger partial charge in [0.1, 0.15) is 16.8 Å². The Hall–Kier alpha value is -2.10. The third kappa shape index (κ3) is 2.90. The molecule has 0 aliphatic heterocycles. The van der Waals surface area contributed by atoms with E-state index in [0.717, 1.165) is 12.1 Å². The lowest BCUT2D eigenvalue weighted by atomic mass is 10.2. The molecule has 0 fully saturated rings. The summed E-state index contributed by atoms with van der Waals surface area (Å²) in [6.07, 6.45) is 0. The van der Waals surface area contributed by atoms with Crippen molar-refractivity contribution < 1.29 is 12.8 Å². The number of anilines is 1. The first kappa shape index (κ1) is 14.3. The molecule has 0 saturated heterocycles. The Labute approximate surface area is 120 Å². The Bertz CT molecular complexity index is 800. The van der Waals surface area contributed by atoms with Crippen LogP contribution in [0.4, 0.5) is 10.1 Å². The molecule has 0 aliphatic carbocycles. The summed E-state index contributed by atoms with van der Waals surface area (Å²) in [7, 11) is -3.94. The number of nitrogens with zero attached hydrogens (tertiary/aromatic N) is 1. The van der Waals surface area contributed by atoms with Gasteiger partial charge in [0.05, 0.1) is 16.3 Å². The smallest absolute Gasteiger partial charge is 0.263 e. The van der Waals surface area contributed by atoms with Gasteiger partial charge in [-0.05, 0) is 30.3 Å². The fourth-order valence-corrected chi connectivity index (χ4v) is 2.95. The van der Waals surface area contributed by atoms with E-state index in [0.29, 0.717) is 0 Å². The first-order chi connectivity index (χ1) is 9.44. The van der Waals surface area contributed by atoms with Gasteiger partial charge in [-0.1, -0.05) is 23.7 Å². The lowest BCUT2D eigenvalue weighted by Gasteiger charge is -2.09. The van der Waals surface area contributed by atoms with Crippen LogP contribution >= 0.6 is 11.6 Å². The molecule has 0 saturated carbocycles. The number of sulfonamides is 1. The second-order valence-corrected chi connectivity index (χ2v) is 5.90. The van der Waals surface area contributed by atoms with Crippen LogP contribution in [0.3, 0.4) is 0 Å². The highest BCUT2D eigenvalue weighted by Crippen LogP contribution is 2.23. The highest BCUT2D eigenvalue weighted by Gasteiger charge is 2.18. The van der Waals surface area contributed by atoms with Crippen molar-refractivity contribution in [3.8, 4) is 6.07 Å². The van der Waals surface area contributed by atoms with Crippen molar-refractivity contribution in [3.05, 3.63) is 58.9 Å². The molecule has 2 rings (SSSR count). The van der Waals surface area contributed by atoms with E-state index in [4.69, 9.17) is 16.9 Å². The van der Waals surface area contributed by atoms with E-state index in [9.17, 15) is 12.8 Å². The summed E-state index contributed by atoms with van der Waals surface area (Å²) in [5.41, 5.74) is 0.136. The summed E-state index contributed by atoms with van der Waals surface area (Å²) in [5, 5.41) is 8.72. The van der Waals surface area contributed by atoms with Gasteiger partial charge in [0.15, 0.2) is 0 Å². The summed E-state index contributed by atoms with van der Waals surface area (Å²) in [4.78, 5) is -0.150. The quantitative estimate of drug-likeness (QED) is 0.946. The second kappa shape index (κ2) is 5.49. The topological polar surface area (TPSA) is 70.0 Å². The molecule has 0 radical (unpaired) electrons. The second-order valence-electron chi connectivity index (χ2n) is 3.84. The lowest BCUT2D eigenvalue weighted by molar-refractivity contribution is 0.600. The molecular weight excluding hydrogens is 303 g/mol. The van der Waals surface area contributed by atoms with Gasteiger partial charge < -0.3 is 0 Å². The van der Waals surface area contributed by atoms with Gasteiger partial charge in [0, 0.05) is 0 Å². The Morgan fingerprint density at radius 3 is 2.55 bits per heavy atom. The van der Waals surface area contributed by atoms with Crippen LogP contribution in [0.5, 0.6) is 0 Å². The molecule has 0 atom stereocenters. The van der Waals surface area contributed by atoms with Crippen LogP contribution in [-0.4, -0.2) is 8.42 Å². The van der Waals surface area contributed by atoms with E-state index in [1.165, 1.54) is 24.3 Å². The lowest BCUT2D eigenvalue weighted by Crippen LogP contribution is -2.14. The molecule has 0 amide bonds. The molecule has 2 aromatic rings. The van der Waals surface area contributed by atoms with Crippen LogP contribution in [0.15, 0.2) is 47.4 Å². The summed E-state index contributed by atoms with van der Waals surface area (Å²) in [6.45, 7) is 0. The molecule has 0 heterocycles. The Kier molecular flexibility index (Phi) is 3.93. The number of hydrogen-bond donors (Lipinski definition) is 1. The average molecular weight is 311 g/mol. The maximum atomic E-state index is 13.0. The van der Waals surface area contributed by atoms with Crippen LogP contribution < -0.4 is 4.72 Å². The van der Waals surface area contributed by atoms with Crippen molar-refractivity contribution in [1.82, 2.24) is 0 Å². The van der Waals surface area contributed by atoms with Gasteiger partial charge >= 0.3 is 0 Å². The van der Waals surface area contributed by atoms with E-state index in [1.807, 2.05) is 0 Å². The summed E-state index contributed by atoms with van der Waals surface area (Å²) < 4.78 is 39.6. The zero-order chi connectivity index (χ0) is 14.8. The van der Waals surface area contributed by atoms with Gasteiger partial charge in [-0.15, -0.1) is 0 Å². The molecule has 0 aliphatic rings. The van der Waals surface area contributed by atoms with E-state index in [-0.39, 0.29) is 21.2 Å². The normalized spacial score (nSPS) is 10.8. The van der Waals surface area contributed by atoms with Gasteiger partial charge in [0.25, 0.3) is 10.0 Å². The highest BCUT2D eigenvalue weighted by molar-refractivity contribution is 7.92. The van der Waals surface area contributed by atoms with Crippen molar-refractivity contribution in [3.63, 3.8) is 0 Å². The Balaban J connectivity index is 2.41. The minimum atomic E-state index is -3.94. The SMILES string of the molecule is N#Cc1ccccc1S(=O)(=O)Nc1ccc(F)c(Cl)c1. The molecular formula is C13H8ClFN2O2S. The molecule has 20 heavy (non-hydrogen) atoms. The number of nitriles is 1. The number of nitrogens with one attached hydrogen (secondary N) is 1. The van der Waals surface area contributed by atoms with Crippen LogP contribution in [-0.2, 0) is 10.0 Å². The first-order valence-corrected chi connectivity index (χ1v) is 7.27. The van der Waals surface area contributed by atoms with E-state index < -0.39 is 15.8 Å². The van der Waals surface area contributed by atoms with Crippen LogP contribution in [0.1, 0.15) is 5.56 Å². The summed E-state index contributed by atoms with van der Waals surface area (Å²) >= 11 is 5.59. The molecule has 1 N–H and O–H groups in total. The predicted octanol–water partition coefficient (Wildman–Crippen LogP) is 3.15. The number of benzene rings is 2. The summed E-state index contributed by atoms with van der Waals surface area (Å²) in [6, 6.07) is 11.0. The molecule has 2 aromatic carbocycles. The third-order valence-corrected chi connectivity index (χ3v) is 4.20. The number of hydrogen-bond acceptors (Lipinski definition) is 3. The fraction of sp³-hybridized carbons (Fsp3) is 0. The zero-order valence-corrected chi connectivity index (χ0v) is 11.5. The van der Waals surface area contributed by atoms with Gasteiger partial charge in [0.2, 0.25) is 0 Å². The zero-order valence-electron chi connectivity index (χ0n) is 9.97. The maximum absolute atomic E-state index is 13.0. The average Bonchev–Trinajstić information content (AvgIpc) is 2.42. The van der Waals surface area contributed by atoms with Gasteiger partial charge in [-0.25, -0.2) is 12.8 Å². The van der Waals surface area contributed by atoms with Gasteiger partial charge in [-0.2, -0.15) is 5.26 Å². The first-order valence-electron chi connectivity index (χ1n) is 5.41. The third-order valence-electron chi connectivity index (χ3n) is 2.47. The largest absolute Gasteiger partial charge is 0.280 e. The number of halogens is 2. The van der Waals surface area contributed by atoms with Crippen molar-refractivity contribution in [2.75, 3.05) is 4.72 Å².